The molecule has 4 N–H and O–H groups in total. The summed E-state index contributed by atoms with van der Waals surface area (Å²) in [6.07, 6.45) is 2.65. The lowest BCUT2D eigenvalue weighted by molar-refractivity contribution is -0.139. The van der Waals surface area contributed by atoms with Crippen molar-refractivity contribution in [3.8, 4) is 0 Å². The molecule has 1 rings (SSSR count). The number of carbonyl (C=O) groups is 2. The molecule has 14 heavy (non-hydrogen) atoms. The zero-order valence-electron chi connectivity index (χ0n) is 7.60. The van der Waals surface area contributed by atoms with Crippen molar-refractivity contribution in [3.05, 3.63) is 23.4 Å². The Morgan fingerprint density at radius 2 is 1.93 bits per heavy atom. The summed E-state index contributed by atoms with van der Waals surface area (Å²) < 4.78 is 0. The fraction of sp³-hybridized carbons (Fsp3) is 0.333. The van der Waals surface area contributed by atoms with E-state index in [0.717, 1.165) is 0 Å². The van der Waals surface area contributed by atoms with Gasteiger partial charge < -0.3 is 15.9 Å². The van der Waals surface area contributed by atoms with Crippen LogP contribution in [0, 0.1) is 11.8 Å². The van der Waals surface area contributed by atoms with Crippen LogP contribution in [0.15, 0.2) is 23.4 Å². The Kier molecular flexibility index (Phi) is 2.60. The highest BCUT2D eigenvalue weighted by Crippen LogP contribution is 2.25. The summed E-state index contributed by atoms with van der Waals surface area (Å²) >= 11 is 0. The zero-order valence-corrected chi connectivity index (χ0v) is 7.60. The van der Waals surface area contributed by atoms with Crippen molar-refractivity contribution in [1.82, 2.24) is 0 Å². The summed E-state index contributed by atoms with van der Waals surface area (Å²) in [6.45, 7) is 1.66. The standard InChI is InChI=1S/C9H11NO4/c1-4-2-7(10)6(9(13)14)3-5(4)8(11)12/h2-4,6H,10H2,1H3,(H,11,12)(H,13,14). The average molecular weight is 197 g/mol. The van der Waals surface area contributed by atoms with Gasteiger partial charge in [0.25, 0.3) is 0 Å². The molecular formula is C9H11NO4. The van der Waals surface area contributed by atoms with Gasteiger partial charge in [-0.05, 0) is 0 Å². The van der Waals surface area contributed by atoms with Crippen molar-refractivity contribution in [2.24, 2.45) is 17.6 Å². The molecule has 0 saturated carbocycles. The molecule has 1 aliphatic carbocycles. The van der Waals surface area contributed by atoms with E-state index < -0.39 is 17.9 Å². The van der Waals surface area contributed by atoms with Crippen molar-refractivity contribution in [2.45, 2.75) is 6.92 Å². The Balaban J connectivity index is 3.06. The molecular weight excluding hydrogens is 186 g/mol. The normalized spacial score (nSPS) is 26.4. The molecule has 0 spiro atoms. The number of carboxylic acid groups (broad SMARTS) is 2. The Bertz CT molecular complexity index is 343. The zero-order chi connectivity index (χ0) is 10.9. The van der Waals surface area contributed by atoms with Crippen LogP contribution in [0.25, 0.3) is 0 Å². The summed E-state index contributed by atoms with van der Waals surface area (Å²) in [6, 6.07) is 0. The van der Waals surface area contributed by atoms with E-state index in [1.54, 1.807) is 6.92 Å². The van der Waals surface area contributed by atoms with E-state index in [-0.39, 0.29) is 17.2 Å². The van der Waals surface area contributed by atoms with Crippen molar-refractivity contribution in [3.63, 3.8) is 0 Å². The van der Waals surface area contributed by atoms with Crippen LogP contribution in [0.1, 0.15) is 6.92 Å². The van der Waals surface area contributed by atoms with E-state index in [1.807, 2.05) is 0 Å². The number of nitrogens with two attached hydrogens (primary N) is 1. The lowest BCUT2D eigenvalue weighted by atomic mass is 9.87. The lowest BCUT2D eigenvalue weighted by Gasteiger charge is -2.19. The Morgan fingerprint density at radius 3 is 2.36 bits per heavy atom. The van der Waals surface area contributed by atoms with E-state index in [2.05, 4.69) is 0 Å². The SMILES string of the molecule is CC1C=C(N)C(C(=O)O)C=C1C(=O)O. The quantitative estimate of drug-likeness (QED) is 0.586. The topological polar surface area (TPSA) is 101 Å². The third-order valence-electron chi connectivity index (χ3n) is 2.15. The molecule has 5 nitrogen and oxygen atoms in total. The van der Waals surface area contributed by atoms with Crippen LogP contribution < -0.4 is 5.73 Å². The van der Waals surface area contributed by atoms with Crippen molar-refractivity contribution in [1.29, 1.82) is 0 Å². The van der Waals surface area contributed by atoms with E-state index in [9.17, 15) is 9.59 Å². The van der Waals surface area contributed by atoms with Crippen LogP contribution in [-0.2, 0) is 9.59 Å². The molecule has 0 amide bonds. The second-order valence-corrected chi connectivity index (χ2v) is 3.20. The van der Waals surface area contributed by atoms with Gasteiger partial charge in [0.2, 0.25) is 0 Å². The number of aliphatic carboxylic acids is 2. The number of hydrogen-bond donors (Lipinski definition) is 3. The van der Waals surface area contributed by atoms with Gasteiger partial charge in [-0.2, -0.15) is 0 Å². The third-order valence-corrected chi connectivity index (χ3v) is 2.15. The van der Waals surface area contributed by atoms with Crippen LogP contribution in [0.4, 0.5) is 0 Å². The van der Waals surface area contributed by atoms with Crippen LogP contribution in [0.3, 0.4) is 0 Å². The molecule has 0 heterocycles. The van der Waals surface area contributed by atoms with Gasteiger partial charge in [-0.3, -0.25) is 4.79 Å². The molecule has 0 bridgehead atoms. The molecule has 0 aliphatic heterocycles. The first-order chi connectivity index (χ1) is 6.43. The number of allylic oxidation sites excluding steroid dienone is 1. The van der Waals surface area contributed by atoms with Gasteiger partial charge in [0.1, 0.15) is 5.92 Å². The summed E-state index contributed by atoms with van der Waals surface area (Å²) in [5.41, 5.74) is 5.74. The molecule has 0 aromatic rings. The van der Waals surface area contributed by atoms with Gasteiger partial charge >= 0.3 is 11.9 Å². The van der Waals surface area contributed by atoms with Gasteiger partial charge in [-0.25, -0.2) is 4.79 Å². The first-order valence-electron chi connectivity index (χ1n) is 4.08. The Morgan fingerprint density at radius 1 is 1.36 bits per heavy atom. The monoisotopic (exact) mass is 197 g/mol. The van der Waals surface area contributed by atoms with Gasteiger partial charge in [-0.15, -0.1) is 0 Å². The lowest BCUT2D eigenvalue weighted by Crippen LogP contribution is -2.26. The summed E-state index contributed by atoms with van der Waals surface area (Å²) in [7, 11) is 0. The predicted molar refractivity (Wildman–Crippen MR) is 48.3 cm³/mol. The van der Waals surface area contributed by atoms with Crippen LogP contribution in [0.2, 0.25) is 0 Å². The van der Waals surface area contributed by atoms with Crippen molar-refractivity contribution in [2.75, 3.05) is 0 Å². The summed E-state index contributed by atoms with van der Waals surface area (Å²) in [4.78, 5) is 21.4. The third kappa shape index (κ3) is 1.76. The fourth-order valence-electron chi connectivity index (χ4n) is 1.39. The largest absolute Gasteiger partial charge is 0.481 e. The first kappa shape index (κ1) is 10.3. The Hall–Kier alpha value is -1.78. The molecule has 0 aromatic carbocycles. The average Bonchev–Trinajstić information content (AvgIpc) is 2.02. The second-order valence-electron chi connectivity index (χ2n) is 3.20. The summed E-state index contributed by atoms with van der Waals surface area (Å²) in [5, 5.41) is 17.5. The molecule has 2 unspecified atom stereocenters. The van der Waals surface area contributed by atoms with Crippen molar-refractivity contribution >= 4 is 11.9 Å². The molecule has 0 radical (unpaired) electrons. The minimum atomic E-state index is -1.13. The predicted octanol–water partition coefficient (Wildman–Crippen LogP) is 0.190. The minimum Gasteiger partial charge on any atom is -0.481 e. The van der Waals surface area contributed by atoms with Crippen LogP contribution in [0.5, 0.6) is 0 Å². The van der Waals surface area contributed by atoms with Crippen molar-refractivity contribution < 1.29 is 19.8 Å². The molecule has 1 aliphatic rings. The van der Waals surface area contributed by atoms with E-state index >= 15 is 0 Å². The number of carboxylic acids is 2. The highest BCUT2D eigenvalue weighted by Gasteiger charge is 2.27. The molecule has 5 heteroatoms. The van der Waals surface area contributed by atoms with Gasteiger partial charge in [0.05, 0.1) is 0 Å². The maximum Gasteiger partial charge on any atom is 0.331 e. The highest BCUT2D eigenvalue weighted by atomic mass is 16.4. The minimum absolute atomic E-state index is 0.0756. The number of rotatable bonds is 2. The molecule has 0 saturated heterocycles. The van der Waals surface area contributed by atoms with Gasteiger partial charge in [0.15, 0.2) is 0 Å². The Labute approximate surface area is 80.5 Å². The molecule has 0 aromatic heterocycles. The smallest absolute Gasteiger partial charge is 0.331 e. The molecule has 2 atom stereocenters. The maximum absolute atomic E-state index is 10.7. The second kappa shape index (κ2) is 3.53. The van der Waals surface area contributed by atoms with Gasteiger partial charge in [0, 0.05) is 17.2 Å². The van der Waals surface area contributed by atoms with Gasteiger partial charge in [-0.1, -0.05) is 19.1 Å². The van der Waals surface area contributed by atoms with E-state index in [4.69, 9.17) is 15.9 Å². The summed E-state index contributed by atoms with van der Waals surface area (Å²) in [5.74, 6) is -3.60. The van der Waals surface area contributed by atoms with E-state index in [1.165, 1.54) is 12.2 Å². The fourth-order valence-corrected chi connectivity index (χ4v) is 1.39. The molecule has 76 valence electrons. The number of hydrogen-bond acceptors (Lipinski definition) is 3. The first-order valence-corrected chi connectivity index (χ1v) is 4.08. The van der Waals surface area contributed by atoms with Crippen LogP contribution in [-0.4, -0.2) is 22.2 Å². The maximum atomic E-state index is 10.7. The van der Waals surface area contributed by atoms with E-state index in [0.29, 0.717) is 0 Å². The highest BCUT2D eigenvalue weighted by molar-refractivity contribution is 5.90. The molecule has 0 fully saturated rings. The van der Waals surface area contributed by atoms with Crippen LogP contribution >= 0.6 is 0 Å².